The Kier molecular flexibility index (Phi) is 10.3. The van der Waals surface area contributed by atoms with Crippen LogP contribution >= 0.6 is 15.9 Å². The topological polar surface area (TPSA) is 86.8 Å². The molecule has 1 unspecified atom stereocenters. The summed E-state index contributed by atoms with van der Waals surface area (Å²) >= 11 is 3.44. The zero-order chi connectivity index (χ0) is 29.6. The lowest BCUT2D eigenvalue weighted by Gasteiger charge is -2.32. The van der Waals surface area contributed by atoms with E-state index in [1.54, 1.807) is 37.3 Å². The molecule has 1 saturated carbocycles. The highest BCUT2D eigenvalue weighted by molar-refractivity contribution is 9.10. The summed E-state index contributed by atoms with van der Waals surface area (Å²) in [6, 6.07) is 22.2. The Morgan fingerprint density at radius 2 is 1.51 bits per heavy atom. The molecule has 7 nitrogen and oxygen atoms in total. The molecule has 1 N–H and O–H groups in total. The van der Waals surface area contributed by atoms with E-state index in [2.05, 4.69) is 35.1 Å². The highest BCUT2D eigenvalue weighted by Crippen LogP contribution is 2.27. The maximum absolute atomic E-state index is 14.1. The van der Waals surface area contributed by atoms with Crippen molar-refractivity contribution in [3.63, 3.8) is 0 Å². The lowest BCUT2D eigenvalue weighted by atomic mass is 10.0. The van der Waals surface area contributed by atoms with Crippen LogP contribution in [-0.2, 0) is 26.2 Å². The average Bonchev–Trinajstić information content (AvgIpc) is 3.48. The van der Waals surface area contributed by atoms with Crippen molar-refractivity contribution >= 4 is 43.5 Å². The number of amides is 2. The van der Waals surface area contributed by atoms with Crippen LogP contribution in [0.5, 0.6) is 0 Å². The van der Waals surface area contributed by atoms with E-state index in [0.717, 1.165) is 45.6 Å². The van der Waals surface area contributed by atoms with Gasteiger partial charge < -0.3 is 10.2 Å². The van der Waals surface area contributed by atoms with Crippen molar-refractivity contribution in [1.82, 2.24) is 10.2 Å². The van der Waals surface area contributed by atoms with E-state index in [0.29, 0.717) is 5.69 Å². The van der Waals surface area contributed by atoms with Crippen molar-refractivity contribution in [3.05, 3.63) is 94.5 Å². The Bertz CT molecular complexity index is 1420. The van der Waals surface area contributed by atoms with Gasteiger partial charge in [-0.25, -0.2) is 8.42 Å². The quantitative estimate of drug-likeness (QED) is 0.269. The number of hydrogen-bond acceptors (Lipinski definition) is 4. The van der Waals surface area contributed by atoms with E-state index in [1.165, 1.54) is 17.0 Å². The second-order valence-electron chi connectivity index (χ2n) is 10.9. The molecule has 0 spiro atoms. The number of halogens is 1. The zero-order valence-electron chi connectivity index (χ0n) is 23.8. The van der Waals surface area contributed by atoms with Crippen molar-refractivity contribution in [2.75, 3.05) is 10.8 Å². The maximum atomic E-state index is 14.1. The lowest BCUT2D eigenvalue weighted by molar-refractivity contribution is -0.139. The molecule has 1 atom stereocenters. The highest BCUT2D eigenvalue weighted by atomic mass is 79.9. The van der Waals surface area contributed by atoms with Gasteiger partial charge in [0.05, 0.1) is 10.6 Å². The second kappa shape index (κ2) is 13.7. The summed E-state index contributed by atoms with van der Waals surface area (Å²) < 4.78 is 29.9. The van der Waals surface area contributed by atoms with E-state index in [1.807, 2.05) is 36.4 Å². The third kappa shape index (κ3) is 7.77. The number of carbonyl (C=O) groups is 2. The molecule has 0 saturated heterocycles. The molecular weight excluding hydrogens is 602 g/mol. The first kappa shape index (κ1) is 30.8. The Labute approximate surface area is 252 Å². The predicted molar refractivity (Wildman–Crippen MR) is 166 cm³/mol. The molecule has 3 aromatic rings. The Balaban J connectivity index is 1.68. The molecule has 0 aliphatic heterocycles. The number of anilines is 1. The Hall–Kier alpha value is -3.17. The minimum atomic E-state index is -4.08. The molecule has 9 heteroatoms. The predicted octanol–water partition coefficient (Wildman–Crippen LogP) is 6.24. The highest BCUT2D eigenvalue weighted by Gasteiger charge is 2.33. The fourth-order valence-corrected chi connectivity index (χ4v) is 6.73. The van der Waals surface area contributed by atoms with Gasteiger partial charge in [-0.3, -0.25) is 13.9 Å². The Morgan fingerprint density at radius 3 is 2.10 bits per heavy atom. The standard InChI is InChI=1S/C32H38BrN3O4S/c1-23(2)26-15-19-29(20-16-26)36(41(39,40)30-11-5-4-6-12-30)22-31(37)35(21-25-13-17-27(33)18-14-25)24(3)32(38)34-28-9-7-8-10-28/h4-6,11-20,23-24,28H,7-10,21-22H2,1-3H3,(H,34,38). The summed E-state index contributed by atoms with van der Waals surface area (Å²) in [5.74, 6) is -0.430. The fourth-order valence-electron chi connectivity index (χ4n) is 5.03. The summed E-state index contributed by atoms with van der Waals surface area (Å²) in [4.78, 5) is 29.0. The van der Waals surface area contributed by atoms with Crippen LogP contribution in [0.1, 0.15) is 63.5 Å². The molecule has 0 heterocycles. The van der Waals surface area contributed by atoms with Crippen LogP contribution in [0.3, 0.4) is 0 Å². The first-order valence-electron chi connectivity index (χ1n) is 14.1. The van der Waals surface area contributed by atoms with Gasteiger partial charge in [0.25, 0.3) is 10.0 Å². The fraction of sp³-hybridized carbons (Fsp3) is 0.375. The monoisotopic (exact) mass is 639 g/mol. The van der Waals surface area contributed by atoms with Crippen LogP contribution in [0.2, 0.25) is 0 Å². The third-order valence-electron chi connectivity index (χ3n) is 7.59. The Morgan fingerprint density at radius 1 is 0.902 bits per heavy atom. The average molecular weight is 641 g/mol. The summed E-state index contributed by atoms with van der Waals surface area (Å²) in [5.41, 5.74) is 2.28. The van der Waals surface area contributed by atoms with Crippen LogP contribution in [0.15, 0.2) is 88.2 Å². The molecule has 1 fully saturated rings. The van der Waals surface area contributed by atoms with E-state index < -0.39 is 28.5 Å². The summed E-state index contributed by atoms with van der Waals surface area (Å²) in [6.45, 7) is 5.55. The first-order valence-corrected chi connectivity index (χ1v) is 16.3. The molecule has 41 heavy (non-hydrogen) atoms. The van der Waals surface area contributed by atoms with Gasteiger partial charge in [-0.1, -0.05) is 85.1 Å². The number of rotatable bonds is 11. The van der Waals surface area contributed by atoms with Gasteiger partial charge in [0.2, 0.25) is 11.8 Å². The minimum Gasteiger partial charge on any atom is -0.352 e. The molecule has 4 rings (SSSR count). The summed E-state index contributed by atoms with van der Waals surface area (Å²) in [6.07, 6.45) is 3.99. The van der Waals surface area contributed by atoms with Gasteiger partial charge in [-0.2, -0.15) is 0 Å². The molecule has 0 radical (unpaired) electrons. The summed E-state index contributed by atoms with van der Waals surface area (Å²) in [7, 11) is -4.08. The van der Waals surface area contributed by atoms with Crippen molar-refractivity contribution in [2.45, 2.75) is 75.9 Å². The smallest absolute Gasteiger partial charge is 0.264 e. The van der Waals surface area contributed by atoms with Gasteiger partial charge >= 0.3 is 0 Å². The molecule has 2 amide bonds. The van der Waals surface area contributed by atoms with Crippen molar-refractivity contribution in [3.8, 4) is 0 Å². The van der Waals surface area contributed by atoms with Crippen molar-refractivity contribution in [1.29, 1.82) is 0 Å². The van der Waals surface area contributed by atoms with Crippen molar-refractivity contribution in [2.24, 2.45) is 0 Å². The van der Waals surface area contributed by atoms with E-state index in [9.17, 15) is 18.0 Å². The number of benzene rings is 3. The van der Waals surface area contributed by atoms with Crippen LogP contribution in [0, 0.1) is 0 Å². The van der Waals surface area contributed by atoms with Crippen LogP contribution in [-0.4, -0.2) is 43.8 Å². The summed E-state index contributed by atoms with van der Waals surface area (Å²) in [5, 5.41) is 3.09. The van der Waals surface area contributed by atoms with Gasteiger partial charge in [-0.05, 0) is 73.2 Å². The normalized spacial score (nSPS) is 14.6. The largest absolute Gasteiger partial charge is 0.352 e. The van der Waals surface area contributed by atoms with Crippen LogP contribution < -0.4 is 9.62 Å². The van der Waals surface area contributed by atoms with E-state index >= 15 is 0 Å². The van der Waals surface area contributed by atoms with Gasteiger partial charge in [0.1, 0.15) is 12.6 Å². The number of nitrogens with zero attached hydrogens (tertiary/aromatic N) is 2. The molecule has 3 aromatic carbocycles. The SMILES string of the molecule is CC(C)c1ccc(N(CC(=O)N(Cc2ccc(Br)cc2)C(C)C(=O)NC2CCCC2)S(=O)(=O)c2ccccc2)cc1. The molecule has 218 valence electrons. The van der Waals surface area contributed by atoms with Crippen molar-refractivity contribution < 1.29 is 18.0 Å². The van der Waals surface area contributed by atoms with E-state index in [-0.39, 0.29) is 29.3 Å². The maximum Gasteiger partial charge on any atom is 0.264 e. The number of sulfonamides is 1. The number of nitrogens with one attached hydrogen (secondary N) is 1. The molecule has 1 aliphatic rings. The molecule has 0 bridgehead atoms. The van der Waals surface area contributed by atoms with Gasteiger partial charge in [0, 0.05) is 17.1 Å². The molecule has 1 aliphatic carbocycles. The minimum absolute atomic E-state index is 0.0900. The van der Waals surface area contributed by atoms with Gasteiger partial charge in [-0.15, -0.1) is 0 Å². The second-order valence-corrected chi connectivity index (χ2v) is 13.7. The van der Waals surface area contributed by atoms with Crippen LogP contribution in [0.25, 0.3) is 0 Å². The zero-order valence-corrected chi connectivity index (χ0v) is 26.2. The van der Waals surface area contributed by atoms with Crippen LogP contribution in [0.4, 0.5) is 5.69 Å². The first-order chi connectivity index (χ1) is 19.6. The van der Waals surface area contributed by atoms with E-state index in [4.69, 9.17) is 0 Å². The number of carbonyl (C=O) groups excluding carboxylic acids is 2. The molecular formula is C32H38BrN3O4S. The lowest BCUT2D eigenvalue weighted by Crippen LogP contribution is -2.52. The third-order valence-corrected chi connectivity index (χ3v) is 9.91. The van der Waals surface area contributed by atoms with Gasteiger partial charge in [0.15, 0.2) is 0 Å². The molecule has 0 aromatic heterocycles. The number of hydrogen-bond donors (Lipinski definition) is 1.